The Morgan fingerprint density at radius 1 is 1.20 bits per heavy atom. The Labute approximate surface area is 127 Å². The van der Waals surface area contributed by atoms with Crippen LogP contribution in [-0.4, -0.2) is 11.5 Å². The molecule has 102 valence electrons. The number of fused-ring (bicyclic) bond motifs is 1. The van der Waals surface area contributed by atoms with E-state index in [-0.39, 0.29) is 4.47 Å². The second-order valence-electron chi connectivity index (χ2n) is 4.48. The normalized spacial score (nSPS) is 17.1. The molecule has 1 aliphatic rings. The highest BCUT2D eigenvalue weighted by atomic mass is 79.9. The van der Waals surface area contributed by atoms with Crippen molar-refractivity contribution in [1.29, 1.82) is 0 Å². The Hall–Kier alpha value is -1.20. The molecule has 0 saturated heterocycles. The molecular formula is C15H9BrF2OS. The predicted molar refractivity (Wildman–Crippen MR) is 78.3 cm³/mol. The van der Waals surface area contributed by atoms with Gasteiger partial charge in [0.2, 0.25) is 0 Å². The van der Waals surface area contributed by atoms with E-state index in [0.29, 0.717) is 5.75 Å². The number of hydrogen-bond acceptors (Lipinski definition) is 2. The molecule has 1 unspecified atom stereocenters. The first-order valence-corrected chi connectivity index (χ1v) is 7.77. The molecule has 0 N–H and O–H groups in total. The standard InChI is InChI=1S/C15H9BrF2OS/c16-10-5-6-11(17)13(14(10)18)15(19)9-7-20-12-4-2-1-3-8(9)12/h1-6,9H,7H2. The lowest BCUT2D eigenvalue weighted by atomic mass is 9.92. The number of rotatable bonds is 2. The summed E-state index contributed by atoms with van der Waals surface area (Å²) in [5.74, 6) is -2.12. The van der Waals surface area contributed by atoms with Gasteiger partial charge in [-0.1, -0.05) is 18.2 Å². The first-order valence-electron chi connectivity index (χ1n) is 5.99. The van der Waals surface area contributed by atoms with E-state index < -0.39 is 28.9 Å². The average molecular weight is 355 g/mol. The van der Waals surface area contributed by atoms with E-state index in [1.165, 1.54) is 17.8 Å². The summed E-state index contributed by atoms with van der Waals surface area (Å²) in [7, 11) is 0. The number of halogens is 3. The third-order valence-corrected chi connectivity index (χ3v) is 5.10. The largest absolute Gasteiger partial charge is 0.293 e. The molecule has 0 amide bonds. The summed E-state index contributed by atoms with van der Waals surface area (Å²) < 4.78 is 27.9. The minimum atomic E-state index is -0.829. The fourth-order valence-corrected chi connectivity index (χ4v) is 3.87. The molecule has 0 saturated carbocycles. The van der Waals surface area contributed by atoms with E-state index >= 15 is 0 Å². The Morgan fingerprint density at radius 2 is 1.95 bits per heavy atom. The summed E-state index contributed by atoms with van der Waals surface area (Å²) in [6, 6.07) is 9.84. The second kappa shape index (κ2) is 5.30. The van der Waals surface area contributed by atoms with Crippen molar-refractivity contribution in [3.8, 4) is 0 Å². The van der Waals surface area contributed by atoms with Crippen LogP contribution < -0.4 is 0 Å². The number of hydrogen-bond donors (Lipinski definition) is 0. The Bertz CT molecular complexity index is 702. The molecule has 1 heterocycles. The molecule has 0 bridgehead atoms. The van der Waals surface area contributed by atoms with Gasteiger partial charge in [-0.3, -0.25) is 4.79 Å². The number of carbonyl (C=O) groups excluding carboxylic acids is 1. The van der Waals surface area contributed by atoms with E-state index in [0.717, 1.165) is 16.5 Å². The van der Waals surface area contributed by atoms with Gasteiger partial charge in [-0.15, -0.1) is 11.8 Å². The van der Waals surface area contributed by atoms with Crippen LogP contribution in [0.4, 0.5) is 8.78 Å². The topological polar surface area (TPSA) is 17.1 Å². The number of ketones is 1. The van der Waals surface area contributed by atoms with Crippen molar-refractivity contribution in [2.45, 2.75) is 10.8 Å². The van der Waals surface area contributed by atoms with Crippen LogP contribution in [-0.2, 0) is 0 Å². The van der Waals surface area contributed by atoms with Crippen LogP contribution in [0.5, 0.6) is 0 Å². The third kappa shape index (κ3) is 2.19. The van der Waals surface area contributed by atoms with Gasteiger partial charge < -0.3 is 0 Å². The first kappa shape index (κ1) is 13.8. The van der Waals surface area contributed by atoms with Crippen molar-refractivity contribution < 1.29 is 13.6 Å². The van der Waals surface area contributed by atoms with Gasteiger partial charge in [0.25, 0.3) is 0 Å². The van der Waals surface area contributed by atoms with E-state index in [9.17, 15) is 13.6 Å². The monoisotopic (exact) mass is 354 g/mol. The maximum atomic E-state index is 14.0. The van der Waals surface area contributed by atoms with Crippen molar-refractivity contribution in [1.82, 2.24) is 0 Å². The smallest absolute Gasteiger partial charge is 0.177 e. The minimum Gasteiger partial charge on any atom is -0.293 e. The molecule has 0 fully saturated rings. The summed E-state index contributed by atoms with van der Waals surface area (Å²) in [5, 5.41) is 0. The lowest BCUT2D eigenvalue weighted by molar-refractivity contribution is 0.0960. The van der Waals surface area contributed by atoms with Crippen LogP contribution in [0, 0.1) is 11.6 Å². The zero-order chi connectivity index (χ0) is 14.3. The molecular weight excluding hydrogens is 346 g/mol. The molecule has 5 heteroatoms. The number of thioether (sulfide) groups is 1. The molecule has 1 atom stereocenters. The van der Waals surface area contributed by atoms with E-state index in [4.69, 9.17) is 0 Å². The van der Waals surface area contributed by atoms with Crippen LogP contribution in [0.1, 0.15) is 21.8 Å². The molecule has 0 radical (unpaired) electrons. The summed E-state index contributed by atoms with van der Waals surface area (Å²) in [4.78, 5) is 13.5. The maximum Gasteiger partial charge on any atom is 0.177 e. The van der Waals surface area contributed by atoms with E-state index in [1.54, 1.807) is 0 Å². The Balaban J connectivity index is 2.06. The minimum absolute atomic E-state index is 0.0983. The Morgan fingerprint density at radius 3 is 2.75 bits per heavy atom. The van der Waals surface area contributed by atoms with Gasteiger partial charge in [0.1, 0.15) is 5.82 Å². The highest BCUT2D eigenvalue weighted by Crippen LogP contribution is 2.41. The molecule has 20 heavy (non-hydrogen) atoms. The predicted octanol–water partition coefficient (Wildman–Crippen LogP) is 4.80. The van der Waals surface area contributed by atoms with Gasteiger partial charge in [0.05, 0.1) is 16.0 Å². The molecule has 1 nitrogen and oxygen atoms in total. The van der Waals surface area contributed by atoms with Gasteiger partial charge >= 0.3 is 0 Å². The molecule has 0 aromatic heterocycles. The number of benzene rings is 2. The van der Waals surface area contributed by atoms with Gasteiger partial charge in [-0.2, -0.15) is 0 Å². The third-order valence-electron chi connectivity index (χ3n) is 3.31. The number of carbonyl (C=O) groups is 1. The fourth-order valence-electron chi connectivity index (χ4n) is 2.31. The molecule has 3 rings (SSSR count). The SMILES string of the molecule is O=C(c1c(F)ccc(Br)c1F)C1CSc2ccccc21. The summed E-state index contributed by atoms with van der Waals surface area (Å²) in [6.45, 7) is 0. The molecule has 1 aliphatic heterocycles. The van der Waals surface area contributed by atoms with E-state index in [1.807, 2.05) is 24.3 Å². The quantitative estimate of drug-likeness (QED) is 0.569. The summed E-state index contributed by atoms with van der Waals surface area (Å²) in [5.41, 5.74) is 0.392. The van der Waals surface area contributed by atoms with Crippen LogP contribution >= 0.6 is 27.7 Å². The highest BCUT2D eigenvalue weighted by molar-refractivity contribution is 9.10. The van der Waals surface area contributed by atoms with Crippen molar-refractivity contribution in [3.05, 3.63) is 63.6 Å². The van der Waals surface area contributed by atoms with Crippen molar-refractivity contribution in [2.75, 3.05) is 5.75 Å². The average Bonchev–Trinajstić information content (AvgIpc) is 2.87. The Kier molecular flexibility index (Phi) is 3.65. The fraction of sp³-hybridized carbons (Fsp3) is 0.133. The molecule has 2 aromatic rings. The van der Waals surface area contributed by atoms with Gasteiger partial charge in [0, 0.05) is 10.6 Å². The number of Topliss-reactive ketones (excluding diaryl/α,β-unsaturated/α-hetero) is 1. The van der Waals surface area contributed by atoms with Gasteiger partial charge in [-0.25, -0.2) is 8.78 Å². The zero-order valence-corrected chi connectivity index (χ0v) is 12.6. The lowest BCUT2D eigenvalue weighted by Gasteiger charge is -2.12. The molecule has 0 spiro atoms. The highest BCUT2D eigenvalue weighted by Gasteiger charge is 2.33. The van der Waals surface area contributed by atoms with Crippen LogP contribution in [0.25, 0.3) is 0 Å². The second-order valence-corrected chi connectivity index (χ2v) is 6.40. The van der Waals surface area contributed by atoms with Gasteiger partial charge in [-0.05, 0) is 39.7 Å². The molecule has 0 aliphatic carbocycles. The zero-order valence-electron chi connectivity index (χ0n) is 10.2. The van der Waals surface area contributed by atoms with Crippen LogP contribution in [0.2, 0.25) is 0 Å². The van der Waals surface area contributed by atoms with Crippen molar-refractivity contribution in [3.63, 3.8) is 0 Å². The van der Waals surface area contributed by atoms with E-state index in [2.05, 4.69) is 15.9 Å². The summed E-state index contributed by atoms with van der Waals surface area (Å²) in [6.07, 6.45) is 0. The lowest BCUT2D eigenvalue weighted by Crippen LogP contribution is -2.16. The summed E-state index contributed by atoms with van der Waals surface area (Å²) >= 11 is 4.53. The maximum absolute atomic E-state index is 14.0. The first-order chi connectivity index (χ1) is 9.59. The van der Waals surface area contributed by atoms with Crippen molar-refractivity contribution in [2.24, 2.45) is 0 Å². The van der Waals surface area contributed by atoms with Gasteiger partial charge in [0.15, 0.2) is 11.6 Å². The molecule has 2 aromatic carbocycles. The van der Waals surface area contributed by atoms with Crippen molar-refractivity contribution >= 4 is 33.5 Å². The van der Waals surface area contributed by atoms with Crippen LogP contribution in [0.15, 0.2) is 45.8 Å². The van der Waals surface area contributed by atoms with Crippen LogP contribution in [0.3, 0.4) is 0 Å².